The number of fused-ring (bicyclic) bond motifs is 3. The number of rotatable bonds is 7. The normalized spacial score (nSPS) is 11.5. The standard InChI is InChI=1S/C46H30N4S2/c1-2-8-36(9-3-1)49-29-28-35-30-34(20-27-42(35)49)31-14-21-37(22-15-31)50(38-23-16-32(17-24-38)45-47-40-10-4-6-12-43(40)51-45)39-25-18-33(19-26-39)46-48-41-11-5-7-13-44(41)52-46/h1-30H. The summed E-state index contributed by atoms with van der Waals surface area (Å²) in [6.07, 6.45) is 2.15. The van der Waals surface area contributed by atoms with Crippen LogP contribution in [0.25, 0.3) is 69.3 Å². The van der Waals surface area contributed by atoms with Gasteiger partial charge in [0.25, 0.3) is 0 Å². The molecule has 0 aliphatic heterocycles. The summed E-state index contributed by atoms with van der Waals surface area (Å²) >= 11 is 3.45. The third-order valence-electron chi connectivity index (χ3n) is 9.52. The second-order valence-corrected chi connectivity index (χ2v) is 14.8. The fourth-order valence-electron chi connectivity index (χ4n) is 6.88. The van der Waals surface area contributed by atoms with Gasteiger partial charge in [-0.2, -0.15) is 0 Å². The number of hydrogen-bond donors (Lipinski definition) is 0. The van der Waals surface area contributed by atoms with Gasteiger partial charge in [-0.15, -0.1) is 22.7 Å². The van der Waals surface area contributed by atoms with E-state index in [9.17, 15) is 0 Å². The number of hydrogen-bond acceptors (Lipinski definition) is 5. The predicted molar refractivity (Wildman–Crippen MR) is 221 cm³/mol. The van der Waals surface area contributed by atoms with Crippen molar-refractivity contribution >= 4 is 71.1 Å². The van der Waals surface area contributed by atoms with Gasteiger partial charge < -0.3 is 9.47 Å². The first-order valence-corrected chi connectivity index (χ1v) is 18.9. The first kappa shape index (κ1) is 30.5. The molecular weight excluding hydrogens is 673 g/mol. The SMILES string of the molecule is c1ccc(-n2ccc3cc(-c4ccc(N(c5ccc(-c6nc7ccccc7s6)cc5)c5ccc(-c6nc7ccccc7s6)cc5)cc4)ccc32)cc1. The molecule has 0 N–H and O–H groups in total. The van der Waals surface area contributed by atoms with Gasteiger partial charge in [0.15, 0.2) is 0 Å². The van der Waals surface area contributed by atoms with E-state index in [1.165, 1.54) is 31.4 Å². The number of nitrogens with zero attached hydrogens (tertiary/aromatic N) is 4. The van der Waals surface area contributed by atoms with E-state index < -0.39 is 0 Å². The van der Waals surface area contributed by atoms with Gasteiger partial charge in [0, 0.05) is 45.5 Å². The number of thiazole rings is 2. The van der Waals surface area contributed by atoms with Gasteiger partial charge in [-0.3, -0.25) is 0 Å². The summed E-state index contributed by atoms with van der Waals surface area (Å²) in [6, 6.07) is 62.4. The van der Waals surface area contributed by atoms with Crippen molar-refractivity contribution in [3.05, 3.63) is 182 Å². The van der Waals surface area contributed by atoms with Crippen LogP contribution in [0.1, 0.15) is 0 Å². The van der Waals surface area contributed by atoms with E-state index in [1.54, 1.807) is 22.7 Å². The summed E-state index contributed by atoms with van der Waals surface area (Å²) < 4.78 is 4.64. The highest BCUT2D eigenvalue weighted by Gasteiger charge is 2.16. The minimum absolute atomic E-state index is 1.03. The summed E-state index contributed by atoms with van der Waals surface area (Å²) in [6.45, 7) is 0. The van der Waals surface area contributed by atoms with Crippen LogP contribution in [0.3, 0.4) is 0 Å². The average molecular weight is 703 g/mol. The van der Waals surface area contributed by atoms with Crippen molar-refractivity contribution in [1.29, 1.82) is 0 Å². The van der Waals surface area contributed by atoms with Crippen molar-refractivity contribution in [1.82, 2.24) is 14.5 Å². The molecule has 0 radical (unpaired) electrons. The van der Waals surface area contributed by atoms with E-state index in [4.69, 9.17) is 9.97 Å². The third-order valence-corrected chi connectivity index (χ3v) is 11.7. The minimum Gasteiger partial charge on any atom is -0.317 e. The Morgan fingerprint density at radius 1 is 0.423 bits per heavy atom. The Kier molecular flexibility index (Phi) is 7.48. The molecule has 0 aliphatic rings. The van der Waals surface area contributed by atoms with Crippen LogP contribution in [0.4, 0.5) is 17.1 Å². The fourth-order valence-corrected chi connectivity index (χ4v) is 8.83. The summed E-state index contributed by atoms with van der Waals surface area (Å²) in [4.78, 5) is 12.1. The molecule has 0 aliphatic carbocycles. The Morgan fingerprint density at radius 3 is 1.44 bits per heavy atom. The molecule has 7 aromatic carbocycles. The van der Waals surface area contributed by atoms with Gasteiger partial charge in [0.1, 0.15) is 10.0 Å². The van der Waals surface area contributed by atoms with E-state index >= 15 is 0 Å². The van der Waals surface area contributed by atoms with E-state index in [0.717, 1.165) is 54.9 Å². The highest BCUT2D eigenvalue weighted by atomic mass is 32.1. The monoisotopic (exact) mass is 702 g/mol. The molecule has 10 aromatic rings. The van der Waals surface area contributed by atoms with E-state index in [2.05, 4.69) is 179 Å². The van der Waals surface area contributed by atoms with Crippen molar-refractivity contribution in [2.45, 2.75) is 0 Å². The summed E-state index contributed by atoms with van der Waals surface area (Å²) in [5, 5.41) is 3.27. The second-order valence-electron chi connectivity index (χ2n) is 12.7. The molecule has 0 bridgehead atoms. The maximum atomic E-state index is 4.90. The lowest BCUT2D eigenvalue weighted by molar-refractivity contribution is 1.13. The topological polar surface area (TPSA) is 34.0 Å². The van der Waals surface area contributed by atoms with Crippen LogP contribution in [0.5, 0.6) is 0 Å². The fraction of sp³-hybridized carbons (Fsp3) is 0. The summed E-state index contributed by atoms with van der Waals surface area (Å²) in [5.74, 6) is 0. The predicted octanol–water partition coefficient (Wildman–Crippen LogP) is 13.3. The van der Waals surface area contributed by atoms with Gasteiger partial charge >= 0.3 is 0 Å². The van der Waals surface area contributed by atoms with Gasteiger partial charge in [0.2, 0.25) is 0 Å². The molecule has 246 valence electrons. The largest absolute Gasteiger partial charge is 0.317 e. The summed E-state index contributed by atoms with van der Waals surface area (Å²) in [5.41, 5.74) is 12.3. The van der Waals surface area contributed by atoms with Crippen LogP contribution in [-0.4, -0.2) is 14.5 Å². The quantitative estimate of drug-likeness (QED) is 0.166. The van der Waals surface area contributed by atoms with Gasteiger partial charge in [-0.05, 0) is 126 Å². The Bertz CT molecular complexity index is 2650. The third kappa shape index (κ3) is 5.55. The molecule has 0 saturated heterocycles. The van der Waals surface area contributed by atoms with Crippen LogP contribution in [-0.2, 0) is 0 Å². The highest BCUT2D eigenvalue weighted by molar-refractivity contribution is 7.22. The van der Waals surface area contributed by atoms with Crippen LogP contribution in [0.15, 0.2) is 182 Å². The number of anilines is 3. The molecule has 0 unspecified atom stereocenters. The zero-order chi connectivity index (χ0) is 34.4. The number of benzene rings is 7. The molecule has 0 fully saturated rings. The van der Waals surface area contributed by atoms with Crippen molar-refractivity contribution < 1.29 is 0 Å². The molecule has 0 spiro atoms. The zero-order valence-corrected chi connectivity index (χ0v) is 29.6. The molecule has 10 rings (SSSR count). The molecule has 0 atom stereocenters. The van der Waals surface area contributed by atoms with Crippen molar-refractivity contribution in [2.75, 3.05) is 4.90 Å². The first-order valence-electron chi connectivity index (χ1n) is 17.2. The Balaban J connectivity index is 1.00. The molecule has 3 aromatic heterocycles. The van der Waals surface area contributed by atoms with E-state index in [1.807, 2.05) is 12.1 Å². The first-order chi connectivity index (χ1) is 25.7. The molecule has 0 amide bonds. The Labute approximate surface area is 309 Å². The number of aromatic nitrogens is 3. The molecule has 6 heteroatoms. The maximum absolute atomic E-state index is 4.90. The summed E-state index contributed by atoms with van der Waals surface area (Å²) in [7, 11) is 0. The lowest BCUT2D eigenvalue weighted by atomic mass is 10.0. The molecule has 4 nitrogen and oxygen atoms in total. The van der Waals surface area contributed by atoms with Gasteiger partial charge in [-0.1, -0.05) is 60.7 Å². The van der Waals surface area contributed by atoms with Crippen molar-refractivity contribution in [3.63, 3.8) is 0 Å². The van der Waals surface area contributed by atoms with Crippen LogP contribution in [0.2, 0.25) is 0 Å². The smallest absolute Gasteiger partial charge is 0.124 e. The maximum Gasteiger partial charge on any atom is 0.124 e. The van der Waals surface area contributed by atoms with Crippen LogP contribution < -0.4 is 4.90 Å². The van der Waals surface area contributed by atoms with Crippen LogP contribution >= 0.6 is 22.7 Å². The van der Waals surface area contributed by atoms with Crippen molar-refractivity contribution in [3.8, 4) is 38.0 Å². The highest BCUT2D eigenvalue weighted by Crippen LogP contribution is 2.39. The lowest BCUT2D eigenvalue weighted by Crippen LogP contribution is -2.09. The lowest BCUT2D eigenvalue weighted by Gasteiger charge is -2.26. The Hall–Kier alpha value is -6.34. The minimum atomic E-state index is 1.03. The molecule has 0 saturated carbocycles. The van der Waals surface area contributed by atoms with E-state index in [0.29, 0.717) is 0 Å². The molecule has 52 heavy (non-hydrogen) atoms. The molecular formula is C46H30N4S2. The number of para-hydroxylation sites is 3. The van der Waals surface area contributed by atoms with E-state index in [-0.39, 0.29) is 0 Å². The van der Waals surface area contributed by atoms with Crippen molar-refractivity contribution in [2.24, 2.45) is 0 Å². The van der Waals surface area contributed by atoms with Crippen LogP contribution in [0, 0.1) is 0 Å². The average Bonchev–Trinajstić information content (AvgIpc) is 3.96. The molecule has 3 heterocycles. The second kappa shape index (κ2) is 12.8. The zero-order valence-electron chi connectivity index (χ0n) is 27.9. The van der Waals surface area contributed by atoms with Gasteiger partial charge in [0.05, 0.1) is 25.9 Å². The Morgan fingerprint density at radius 2 is 0.904 bits per heavy atom. The van der Waals surface area contributed by atoms with Gasteiger partial charge in [-0.25, -0.2) is 9.97 Å².